The van der Waals surface area contributed by atoms with Crippen LogP contribution in [0.25, 0.3) is 0 Å². The molecule has 1 aliphatic heterocycles. The van der Waals surface area contributed by atoms with Gasteiger partial charge in [0, 0.05) is 18.2 Å². The third-order valence-corrected chi connectivity index (χ3v) is 6.32. The third-order valence-electron chi connectivity index (χ3n) is 6.32. The van der Waals surface area contributed by atoms with E-state index in [0.29, 0.717) is 5.92 Å². The first kappa shape index (κ1) is 20.3. The number of rotatable bonds is 5. The van der Waals surface area contributed by atoms with E-state index in [-0.39, 0.29) is 17.4 Å². The number of hydrogen-bond donors (Lipinski definition) is 1. The maximum atomic E-state index is 12.7. The highest BCUT2D eigenvalue weighted by Gasteiger charge is 2.33. The van der Waals surface area contributed by atoms with Gasteiger partial charge >= 0.3 is 0 Å². The molecule has 0 unspecified atom stereocenters. The minimum atomic E-state index is -0.380. The zero-order chi connectivity index (χ0) is 19.3. The van der Waals surface area contributed by atoms with Gasteiger partial charge in [-0.15, -0.1) is 0 Å². The van der Waals surface area contributed by atoms with Crippen LogP contribution in [0.2, 0.25) is 0 Å². The summed E-state index contributed by atoms with van der Waals surface area (Å²) in [6, 6.07) is 6.05. The van der Waals surface area contributed by atoms with Gasteiger partial charge in [0.25, 0.3) is 0 Å². The second kappa shape index (κ2) is 9.18. The van der Waals surface area contributed by atoms with E-state index in [4.69, 9.17) is 0 Å². The van der Waals surface area contributed by atoms with Gasteiger partial charge in [0.05, 0.1) is 11.7 Å². The molecule has 2 aliphatic rings. The van der Waals surface area contributed by atoms with Gasteiger partial charge in [-0.05, 0) is 62.7 Å². The smallest absolute Gasteiger partial charge is 0.225 e. The van der Waals surface area contributed by atoms with Crippen LogP contribution in [-0.4, -0.2) is 35.4 Å². The van der Waals surface area contributed by atoms with Crippen molar-refractivity contribution in [1.29, 1.82) is 0 Å². The van der Waals surface area contributed by atoms with Gasteiger partial charge in [0.1, 0.15) is 0 Å². The van der Waals surface area contributed by atoms with Crippen molar-refractivity contribution in [1.82, 2.24) is 15.2 Å². The Hall–Kier alpha value is -1.42. The lowest BCUT2D eigenvalue weighted by Gasteiger charge is -2.38. The fourth-order valence-corrected chi connectivity index (χ4v) is 4.55. The van der Waals surface area contributed by atoms with Crippen molar-refractivity contribution < 1.29 is 4.79 Å². The van der Waals surface area contributed by atoms with Gasteiger partial charge in [-0.1, -0.05) is 46.1 Å². The molecule has 2 heterocycles. The fraction of sp³-hybridized carbons (Fsp3) is 0.739. The zero-order valence-electron chi connectivity index (χ0n) is 17.4. The Morgan fingerprint density at radius 3 is 2.44 bits per heavy atom. The molecule has 1 atom stereocenters. The van der Waals surface area contributed by atoms with Gasteiger partial charge in [0.2, 0.25) is 5.91 Å². The van der Waals surface area contributed by atoms with Crippen molar-refractivity contribution in [2.24, 2.45) is 17.3 Å². The number of carbonyl (C=O) groups is 1. The molecule has 0 spiro atoms. The summed E-state index contributed by atoms with van der Waals surface area (Å²) in [5.74, 6) is 1.49. The molecule has 4 heteroatoms. The second-order valence-electron chi connectivity index (χ2n) is 9.60. The van der Waals surface area contributed by atoms with E-state index in [1.165, 1.54) is 38.6 Å². The summed E-state index contributed by atoms with van der Waals surface area (Å²) in [6.07, 6.45) is 11.2. The number of hydrogen-bond acceptors (Lipinski definition) is 3. The standard InChI is InChI=1S/C23H37N3O/c1-23(2,3)22(27)25-21(20-11-7-8-14-24-20)19-12-15-26(16-13-19)17-18-9-5-4-6-10-18/h7-8,11,14,18-19,21H,4-6,9-10,12-13,15-17H2,1-3H3,(H,25,27)/t21-/m1/s1. The van der Waals surface area contributed by atoms with Crippen LogP contribution in [0, 0.1) is 17.3 Å². The van der Waals surface area contributed by atoms with E-state index in [1.807, 2.05) is 39.1 Å². The predicted octanol–water partition coefficient (Wildman–Crippen LogP) is 4.58. The second-order valence-corrected chi connectivity index (χ2v) is 9.60. The van der Waals surface area contributed by atoms with E-state index in [1.54, 1.807) is 0 Å². The Morgan fingerprint density at radius 1 is 1.15 bits per heavy atom. The number of nitrogens with one attached hydrogen (secondary N) is 1. The average molecular weight is 372 g/mol. The number of nitrogens with zero attached hydrogens (tertiary/aromatic N) is 2. The quantitative estimate of drug-likeness (QED) is 0.824. The molecule has 2 fully saturated rings. The molecule has 1 amide bonds. The summed E-state index contributed by atoms with van der Waals surface area (Å²) < 4.78 is 0. The van der Waals surface area contributed by atoms with E-state index < -0.39 is 0 Å². The summed E-state index contributed by atoms with van der Waals surface area (Å²) in [5.41, 5.74) is 0.621. The molecule has 0 aromatic carbocycles. The molecule has 1 aromatic rings. The predicted molar refractivity (Wildman–Crippen MR) is 110 cm³/mol. The Kier molecular flexibility index (Phi) is 6.91. The number of pyridine rings is 1. The summed E-state index contributed by atoms with van der Waals surface area (Å²) in [5, 5.41) is 3.32. The minimum Gasteiger partial charge on any atom is -0.347 e. The number of likely N-dealkylation sites (tertiary alicyclic amines) is 1. The van der Waals surface area contributed by atoms with E-state index in [9.17, 15) is 4.79 Å². The summed E-state index contributed by atoms with van der Waals surface area (Å²) in [4.78, 5) is 19.9. The number of aromatic nitrogens is 1. The van der Waals surface area contributed by atoms with Gasteiger partial charge in [-0.2, -0.15) is 0 Å². The third kappa shape index (κ3) is 5.78. The van der Waals surface area contributed by atoms with Crippen molar-refractivity contribution in [2.45, 2.75) is 71.8 Å². The van der Waals surface area contributed by atoms with E-state index in [2.05, 4.69) is 21.3 Å². The van der Waals surface area contributed by atoms with Crippen LogP contribution in [0.4, 0.5) is 0 Å². The van der Waals surface area contributed by atoms with Crippen LogP contribution in [0.3, 0.4) is 0 Å². The molecule has 3 rings (SSSR count). The zero-order valence-corrected chi connectivity index (χ0v) is 17.4. The van der Waals surface area contributed by atoms with Crippen LogP contribution in [0.15, 0.2) is 24.4 Å². The first-order valence-corrected chi connectivity index (χ1v) is 10.9. The van der Waals surface area contributed by atoms with Gasteiger partial charge in [0.15, 0.2) is 0 Å². The summed E-state index contributed by atoms with van der Waals surface area (Å²) in [7, 11) is 0. The molecule has 27 heavy (non-hydrogen) atoms. The lowest BCUT2D eigenvalue weighted by molar-refractivity contribution is -0.129. The topological polar surface area (TPSA) is 45.2 Å². The first-order valence-electron chi connectivity index (χ1n) is 10.9. The van der Waals surface area contributed by atoms with Crippen molar-refractivity contribution in [3.63, 3.8) is 0 Å². The molecular weight excluding hydrogens is 334 g/mol. The lowest BCUT2D eigenvalue weighted by Crippen LogP contribution is -2.45. The van der Waals surface area contributed by atoms with E-state index in [0.717, 1.165) is 37.5 Å². The molecule has 1 saturated heterocycles. The number of carbonyl (C=O) groups excluding carboxylic acids is 1. The van der Waals surface area contributed by atoms with Crippen LogP contribution in [0.5, 0.6) is 0 Å². The summed E-state index contributed by atoms with van der Waals surface area (Å²) >= 11 is 0. The Bertz CT molecular complexity index is 581. The van der Waals surface area contributed by atoms with Crippen molar-refractivity contribution >= 4 is 5.91 Å². The van der Waals surface area contributed by atoms with Gasteiger partial charge < -0.3 is 10.2 Å². The molecule has 1 saturated carbocycles. The highest BCUT2D eigenvalue weighted by atomic mass is 16.2. The normalized spacial score (nSPS) is 21.7. The molecule has 1 N–H and O–H groups in total. The maximum Gasteiger partial charge on any atom is 0.225 e. The average Bonchev–Trinajstić information content (AvgIpc) is 2.67. The Balaban J connectivity index is 1.61. The van der Waals surface area contributed by atoms with Crippen LogP contribution >= 0.6 is 0 Å². The minimum absolute atomic E-state index is 0.0229. The summed E-state index contributed by atoms with van der Waals surface area (Å²) in [6.45, 7) is 9.50. The molecule has 1 aliphatic carbocycles. The maximum absolute atomic E-state index is 12.7. The van der Waals surface area contributed by atoms with Crippen molar-refractivity contribution in [3.8, 4) is 0 Å². The monoisotopic (exact) mass is 371 g/mol. The molecule has 1 aromatic heterocycles. The number of amides is 1. The van der Waals surface area contributed by atoms with Gasteiger partial charge in [-0.3, -0.25) is 9.78 Å². The SMILES string of the molecule is CC(C)(C)C(=O)N[C@@H](c1ccccn1)C1CCN(CC2CCCCC2)CC1. The van der Waals surface area contributed by atoms with Crippen LogP contribution in [0.1, 0.15) is 77.5 Å². The largest absolute Gasteiger partial charge is 0.347 e. The molecule has 150 valence electrons. The number of piperidine rings is 1. The lowest BCUT2D eigenvalue weighted by atomic mass is 9.84. The highest BCUT2D eigenvalue weighted by Crippen LogP contribution is 2.32. The van der Waals surface area contributed by atoms with Gasteiger partial charge in [-0.25, -0.2) is 0 Å². The Morgan fingerprint density at radius 2 is 1.85 bits per heavy atom. The van der Waals surface area contributed by atoms with Crippen molar-refractivity contribution in [2.75, 3.05) is 19.6 Å². The van der Waals surface area contributed by atoms with Crippen LogP contribution < -0.4 is 5.32 Å². The molecule has 0 bridgehead atoms. The molecule has 0 radical (unpaired) electrons. The highest BCUT2D eigenvalue weighted by molar-refractivity contribution is 5.81. The van der Waals surface area contributed by atoms with Crippen LogP contribution in [-0.2, 0) is 4.79 Å². The molecule has 4 nitrogen and oxygen atoms in total. The fourth-order valence-electron chi connectivity index (χ4n) is 4.55. The molecular formula is C23H37N3O. The Labute approximate surface area is 165 Å². The van der Waals surface area contributed by atoms with Crippen molar-refractivity contribution in [3.05, 3.63) is 30.1 Å². The van der Waals surface area contributed by atoms with E-state index >= 15 is 0 Å². The first-order chi connectivity index (χ1) is 12.9.